The number of piperidine rings is 1. The van der Waals surface area contributed by atoms with Gasteiger partial charge in [0.25, 0.3) is 0 Å². The summed E-state index contributed by atoms with van der Waals surface area (Å²) in [5.41, 5.74) is -0.236. The van der Waals surface area contributed by atoms with Crippen molar-refractivity contribution in [2.45, 2.75) is 19.3 Å². The zero-order valence-corrected chi connectivity index (χ0v) is 6.64. The number of nitriles is 1. The van der Waals surface area contributed by atoms with Crippen LogP contribution in [0.5, 0.6) is 0 Å². The SMILES string of the molecule is N#CC1(CCO)CCNCC1. The lowest BCUT2D eigenvalue weighted by atomic mass is 9.78. The Labute approximate surface area is 67.0 Å². The number of aliphatic hydroxyl groups excluding tert-OH is 1. The van der Waals surface area contributed by atoms with E-state index in [0.29, 0.717) is 6.42 Å². The van der Waals surface area contributed by atoms with Crippen molar-refractivity contribution in [2.75, 3.05) is 19.7 Å². The first-order chi connectivity index (χ1) is 5.33. The molecule has 1 aliphatic rings. The Kier molecular flexibility index (Phi) is 2.86. The van der Waals surface area contributed by atoms with Gasteiger partial charge in [0.2, 0.25) is 0 Å². The van der Waals surface area contributed by atoms with Gasteiger partial charge in [0.15, 0.2) is 0 Å². The zero-order valence-electron chi connectivity index (χ0n) is 6.64. The van der Waals surface area contributed by atoms with E-state index in [1.807, 2.05) is 0 Å². The van der Waals surface area contributed by atoms with Crippen LogP contribution < -0.4 is 5.32 Å². The molecule has 0 radical (unpaired) electrons. The standard InChI is InChI=1S/C8H14N2O/c9-7-8(3-6-11)1-4-10-5-2-8/h10-11H,1-6H2. The van der Waals surface area contributed by atoms with E-state index >= 15 is 0 Å². The molecule has 0 aromatic heterocycles. The molecule has 3 heteroatoms. The normalized spacial score (nSPS) is 22.5. The van der Waals surface area contributed by atoms with Crippen LogP contribution in [0.25, 0.3) is 0 Å². The Bertz CT molecular complexity index is 150. The summed E-state index contributed by atoms with van der Waals surface area (Å²) in [5, 5.41) is 20.8. The van der Waals surface area contributed by atoms with Crippen molar-refractivity contribution in [1.82, 2.24) is 5.32 Å². The number of hydrogen-bond acceptors (Lipinski definition) is 3. The minimum Gasteiger partial charge on any atom is -0.396 e. The second-order valence-corrected chi connectivity index (χ2v) is 3.12. The maximum atomic E-state index is 8.88. The molecule has 1 aliphatic heterocycles. The predicted molar refractivity (Wildman–Crippen MR) is 41.9 cm³/mol. The largest absolute Gasteiger partial charge is 0.396 e. The van der Waals surface area contributed by atoms with Crippen molar-refractivity contribution >= 4 is 0 Å². The highest BCUT2D eigenvalue weighted by molar-refractivity contribution is 5.01. The third kappa shape index (κ3) is 1.92. The van der Waals surface area contributed by atoms with Gasteiger partial charge in [0, 0.05) is 6.61 Å². The van der Waals surface area contributed by atoms with Crippen molar-refractivity contribution in [3.63, 3.8) is 0 Å². The van der Waals surface area contributed by atoms with Gasteiger partial charge in [-0.25, -0.2) is 0 Å². The topological polar surface area (TPSA) is 56.0 Å². The molecule has 1 fully saturated rings. The minimum atomic E-state index is -0.236. The molecule has 1 saturated heterocycles. The van der Waals surface area contributed by atoms with Crippen LogP contribution >= 0.6 is 0 Å². The first kappa shape index (κ1) is 8.51. The van der Waals surface area contributed by atoms with Crippen LogP contribution in [0.15, 0.2) is 0 Å². The van der Waals surface area contributed by atoms with Gasteiger partial charge < -0.3 is 10.4 Å². The summed E-state index contributed by atoms with van der Waals surface area (Å²) in [5.74, 6) is 0. The summed E-state index contributed by atoms with van der Waals surface area (Å²) < 4.78 is 0. The van der Waals surface area contributed by atoms with Crippen LogP contribution in [0, 0.1) is 16.7 Å². The second kappa shape index (κ2) is 3.70. The molecule has 0 saturated carbocycles. The lowest BCUT2D eigenvalue weighted by molar-refractivity contribution is 0.189. The molecule has 1 heterocycles. The van der Waals surface area contributed by atoms with E-state index in [4.69, 9.17) is 10.4 Å². The van der Waals surface area contributed by atoms with Gasteiger partial charge in [-0.05, 0) is 32.4 Å². The second-order valence-electron chi connectivity index (χ2n) is 3.12. The minimum absolute atomic E-state index is 0.133. The summed E-state index contributed by atoms with van der Waals surface area (Å²) in [4.78, 5) is 0. The molecule has 11 heavy (non-hydrogen) atoms. The van der Waals surface area contributed by atoms with Crippen LogP contribution in [0.1, 0.15) is 19.3 Å². The molecule has 0 aromatic carbocycles. The zero-order chi connectivity index (χ0) is 8.16. The van der Waals surface area contributed by atoms with Crippen LogP contribution in [0.3, 0.4) is 0 Å². The highest BCUT2D eigenvalue weighted by atomic mass is 16.3. The fourth-order valence-electron chi connectivity index (χ4n) is 1.54. The Balaban J connectivity index is 2.51. The molecule has 3 nitrogen and oxygen atoms in total. The molecule has 0 bridgehead atoms. The van der Waals surface area contributed by atoms with Crippen molar-refractivity contribution in [3.8, 4) is 6.07 Å². The van der Waals surface area contributed by atoms with Crippen LogP contribution in [0.4, 0.5) is 0 Å². The predicted octanol–water partition coefficient (Wildman–Crippen LogP) is 0.262. The maximum absolute atomic E-state index is 8.88. The fraction of sp³-hybridized carbons (Fsp3) is 0.875. The molecule has 0 unspecified atom stereocenters. The number of hydrogen-bond donors (Lipinski definition) is 2. The average molecular weight is 154 g/mol. The van der Waals surface area contributed by atoms with Gasteiger partial charge >= 0.3 is 0 Å². The van der Waals surface area contributed by atoms with Crippen molar-refractivity contribution in [1.29, 1.82) is 5.26 Å². The van der Waals surface area contributed by atoms with Gasteiger partial charge in [-0.3, -0.25) is 0 Å². The molecule has 0 aromatic rings. The summed E-state index contributed by atoms with van der Waals surface area (Å²) in [6.45, 7) is 1.95. The van der Waals surface area contributed by atoms with Gasteiger partial charge in [0.05, 0.1) is 11.5 Å². The summed E-state index contributed by atoms with van der Waals surface area (Å²) in [6, 6.07) is 2.32. The van der Waals surface area contributed by atoms with Crippen molar-refractivity contribution in [3.05, 3.63) is 0 Å². The quantitative estimate of drug-likeness (QED) is 0.600. The first-order valence-corrected chi connectivity index (χ1v) is 4.06. The van der Waals surface area contributed by atoms with Gasteiger partial charge in [-0.15, -0.1) is 0 Å². The van der Waals surface area contributed by atoms with E-state index < -0.39 is 0 Å². The van der Waals surface area contributed by atoms with Gasteiger partial charge in [0.1, 0.15) is 0 Å². The Morgan fingerprint density at radius 2 is 2.09 bits per heavy atom. The summed E-state index contributed by atoms with van der Waals surface area (Å²) in [7, 11) is 0. The Hall–Kier alpha value is -0.590. The smallest absolute Gasteiger partial charge is 0.0691 e. The number of rotatable bonds is 2. The molecule has 0 spiro atoms. The van der Waals surface area contributed by atoms with Gasteiger partial charge in [-0.2, -0.15) is 5.26 Å². The molecular formula is C8H14N2O. The third-order valence-electron chi connectivity index (χ3n) is 2.39. The Morgan fingerprint density at radius 3 is 2.55 bits per heavy atom. The summed E-state index contributed by atoms with van der Waals surface area (Å²) >= 11 is 0. The monoisotopic (exact) mass is 154 g/mol. The van der Waals surface area contributed by atoms with E-state index in [9.17, 15) is 0 Å². The fourth-order valence-corrected chi connectivity index (χ4v) is 1.54. The lowest BCUT2D eigenvalue weighted by Gasteiger charge is -2.30. The molecule has 1 rings (SSSR count). The van der Waals surface area contributed by atoms with Crippen molar-refractivity contribution in [2.24, 2.45) is 5.41 Å². The third-order valence-corrected chi connectivity index (χ3v) is 2.39. The number of nitrogens with one attached hydrogen (secondary N) is 1. The van der Waals surface area contributed by atoms with E-state index in [1.54, 1.807) is 0 Å². The van der Waals surface area contributed by atoms with E-state index in [0.717, 1.165) is 25.9 Å². The molecule has 2 N–H and O–H groups in total. The van der Waals surface area contributed by atoms with E-state index in [-0.39, 0.29) is 12.0 Å². The molecular weight excluding hydrogens is 140 g/mol. The summed E-state index contributed by atoms with van der Waals surface area (Å²) in [6.07, 6.45) is 2.39. The average Bonchev–Trinajstić information content (AvgIpc) is 2.07. The lowest BCUT2D eigenvalue weighted by Crippen LogP contribution is -2.36. The van der Waals surface area contributed by atoms with Crippen molar-refractivity contribution < 1.29 is 5.11 Å². The van der Waals surface area contributed by atoms with E-state index in [1.165, 1.54) is 0 Å². The maximum Gasteiger partial charge on any atom is 0.0691 e. The number of nitrogens with zero attached hydrogens (tertiary/aromatic N) is 1. The molecule has 0 amide bonds. The van der Waals surface area contributed by atoms with E-state index in [2.05, 4.69) is 11.4 Å². The van der Waals surface area contributed by atoms with Crippen LogP contribution in [-0.2, 0) is 0 Å². The Morgan fingerprint density at radius 1 is 1.45 bits per heavy atom. The van der Waals surface area contributed by atoms with Crippen LogP contribution in [-0.4, -0.2) is 24.8 Å². The molecule has 0 aliphatic carbocycles. The highest BCUT2D eigenvalue weighted by Gasteiger charge is 2.30. The van der Waals surface area contributed by atoms with Gasteiger partial charge in [-0.1, -0.05) is 0 Å². The first-order valence-electron chi connectivity index (χ1n) is 4.06. The number of aliphatic hydroxyl groups is 1. The molecule has 62 valence electrons. The molecule has 0 atom stereocenters. The highest BCUT2D eigenvalue weighted by Crippen LogP contribution is 2.30. The van der Waals surface area contributed by atoms with Crippen LogP contribution in [0.2, 0.25) is 0 Å².